The van der Waals surface area contributed by atoms with Crippen LogP contribution >= 0.6 is 0 Å². The highest BCUT2D eigenvalue weighted by molar-refractivity contribution is 7.85. The molecule has 3 aromatic heterocycles. The number of benzene rings is 1. The van der Waals surface area contributed by atoms with E-state index in [-0.39, 0.29) is 12.5 Å². The average molecular weight is 480 g/mol. The second-order valence-electron chi connectivity index (χ2n) is 8.38. The highest BCUT2D eigenvalue weighted by atomic mass is 32.2. The molecule has 1 aromatic carbocycles. The average Bonchev–Trinajstić information content (AvgIpc) is 3.36. The first-order valence-corrected chi connectivity index (χ1v) is 12.7. The van der Waals surface area contributed by atoms with Gasteiger partial charge in [0.05, 0.1) is 36.5 Å². The zero-order valence-electron chi connectivity index (χ0n) is 19.1. The van der Waals surface area contributed by atoms with E-state index in [0.717, 1.165) is 46.4 Å². The Kier molecular flexibility index (Phi) is 5.66. The number of aryl methyl sites for hydroxylation is 1. The monoisotopic (exact) mass is 479 g/mol. The standard InChI is InChI=1S/C23H25N7O3S/c1-15-13-18-20(22(29(2)27-18)16-7-5-4-6-8-16)21-17(15)14-24-23(26-21)25-19-9-10-30(28-19)11-12-33-34(3,31)32/h4-10,14-15H,11-13H2,1-3H3,(H,24,25,26,28). The molecule has 5 rings (SSSR count). The maximum Gasteiger partial charge on any atom is 0.264 e. The summed E-state index contributed by atoms with van der Waals surface area (Å²) in [6.45, 7) is 2.48. The lowest BCUT2D eigenvalue weighted by Gasteiger charge is -2.21. The van der Waals surface area contributed by atoms with Crippen LogP contribution in [0.2, 0.25) is 0 Å². The van der Waals surface area contributed by atoms with Crippen molar-refractivity contribution >= 4 is 21.9 Å². The van der Waals surface area contributed by atoms with Gasteiger partial charge in [-0.1, -0.05) is 37.3 Å². The Labute approximate surface area is 197 Å². The molecule has 176 valence electrons. The molecule has 1 atom stereocenters. The smallest absolute Gasteiger partial charge is 0.264 e. The molecule has 0 aliphatic heterocycles. The van der Waals surface area contributed by atoms with Crippen LogP contribution in [0.3, 0.4) is 0 Å². The summed E-state index contributed by atoms with van der Waals surface area (Å²) in [5.41, 5.74) is 6.15. The number of anilines is 2. The summed E-state index contributed by atoms with van der Waals surface area (Å²) in [6.07, 6.45) is 5.46. The van der Waals surface area contributed by atoms with Crippen LogP contribution in [-0.4, -0.2) is 50.8 Å². The van der Waals surface area contributed by atoms with Gasteiger partial charge in [0.2, 0.25) is 5.95 Å². The van der Waals surface area contributed by atoms with E-state index in [0.29, 0.717) is 18.3 Å². The summed E-state index contributed by atoms with van der Waals surface area (Å²) >= 11 is 0. The second-order valence-corrected chi connectivity index (χ2v) is 10.0. The minimum absolute atomic E-state index is 0.0131. The Hall–Kier alpha value is -3.57. The van der Waals surface area contributed by atoms with Crippen molar-refractivity contribution in [2.45, 2.75) is 25.8 Å². The molecule has 1 N–H and O–H groups in total. The van der Waals surface area contributed by atoms with Crippen LogP contribution in [0.15, 0.2) is 48.8 Å². The highest BCUT2D eigenvalue weighted by Gasteiger charge is 2.30. The van der Waals surface area contributed by atoms with Crippen LogP contribution in [-0.2, 0) is 34.3 Å². The van der Waals surface area contributed by atoms with E-state index in [1.165, 1.54) is 0 Å². The van der Waals surface area contributed by atoms with Gasteiger partial charge in [-0.2, -0.15) is 18.6 Å². The molecule has 11 heteroatoms. The largest absolute Gasteiger partial charge is 0.307 e. The summed E-state index contributed by atoms with van der Waals surface area (Å²) in [4.78, 5) is 9.40. The molecule has 34 heavy (non-hydrogen) atoms. The molecule has 0 spiro atoms. The van der Waals surface area contributed by atoms with Crippen molar-refractivity contribution in [3.8, 4) is 22.5 Å². The summed E-state index contributed by atoms with van der Waals surface area (Å²) in [7, 11) is -1.52. The molecular formula is C23H25N7O3S. The fourth-order valence-electron chi connectivity index (χ4n) is 4.26. The van der Waals surface area contributed by atoms with Crippen molar-refractivity contribution in [3.63, 3.8) is 0 Å². The molecule has 1 aliphatic carbocycles. The normalized spacial score (nSPS) is 15.1. The predicted molar refractivity (Wildman–Crippen MR) is 128 cm³/mol. The van der Waals surface area contributed by atoms with Gasteiger partial charge in [0.25, 0.3) is 10.1 Å². The number of aromatic nitrogens is 6. The molecule has 0 saturated heterocycles. The molecule has 0 radical (unpaired) electrons. The maximum absolute atomic E-state index is 11.1. The third-order valence-electron chi connectivity index (χ3n) is 5.75. The lowest BCUT2D eigenvalue weighted by Crippen LogP contribution is -2.12. The van der Waals surface area contributed by atoms with Crippen molar-refractivity contribution in [1.29, 1.82) is 0 Å². The fraction of sp³-hybridized carbons (Fsp3) is 0.304. The second kappa shape index (κ2) is 8.65. The van der Waals surface area contributed by atoms with Gasteiger partial charge in [0.1, 0.15) is 0 Å². The minimum Gasteiger partial charge on any atom is -0.307 e. The maximum atomic E-state index is 11.1. The van der Waals surface area contributed by atoms with E-state index in [1.54, 1.807) is 16.9 Å². The van der Waals surface area contributed by atoms with Crippen LogP contribution in [0.4, 0.5) is 11.8 Å². The van der Waals surface area contributed by atoms with Gasteiger partial charge in [0, 0.05) is 42.2 Å². The lowest BCUT2D eigenvalue weighted by molar-refractivity contribution is 0.297. The van der Waals surface area contributed by atoms with Gasteiger partial charge >= 0.3 is 0 Å². The van der Waals surface area contributed by atoms with E-state index in [4.69, 9.17) is 14.3 Å². The molecule has 0 bridgehead atoms. The first-order valence-electron chi connectivity index (χ1n) is 10.9. The fourth-order valence-corrected chi connectivity index (χ4v) is 4.64. The molecular weight excluding hydrogens is 454 g/mol. The SMILES string of the molecule is CC1Cc2nn(C)c(-c3ccccc3)c2-c2nc(Nc3ccn(CCOS(C)(=O)=O)n3)ncc21. The summed E-state index contributed by atoms with van der Waals surface area (Å²) in [5, 5.41) is 12.4. The topological polar surface area (TPSA) is 117 Å². The van der Waals surface area contributed by atoms with Gasteiger partial charge in [-0.15, -0.1) is 0 Å². The van der Waals surface area contributed by atoms with Crippen LogP contribution in [0.1, 0.15) is 24.1 Å². The molecule has 1 aliphatic rings. The van der Waals surface area contributed by atoms with Crippen LogP contribution in [0.25, 0.3) is 22.5 Å². The Morgan fingerprint density at radius 2 is 1.97 bits per heavy atom. The first-order chi connectivity index (χ1) is 16.3. The number of hydrogen-bond donors (Lipinski definition) is 1. The van der Waals surface area contributed by atoms with Crippen LogP contribution in [0.5, 0.6) is 0 Å². The zero-order valence-corrected chi connectivity index (χ0v) is 20.0. The van der Waals surface area contributed by atoms with Gasteiger partial charge in [-0.25, -0.2) is 9.97 Å². The van der Waals surface area contributed by atoms with E-state index in [2.05, 4.69) is 34.5 Å². The van der Waals surface area contributed by atoms with Gasteiger partial charge < -0.3 is 5.32 Å². The third-order valence-corrected chi connectivity index (χ3v) is 6.34. The Morgan fingerprint density at radius 1 is 1.18 bits per heavy atom. The molecule has 4 aromatic rings. The number of fused-ring (bicyclic) bond motifs is 3. The minimum atomic E-state index is -3.48. The number of rotatable bonds is 7. The quantitative estimate of drug-likeness (QED) is 0.402. The summed E-state index contributed by atoms with van der Waals surface area (Å²) in [5.74, 6) is 1.24. The number of nitrogens with zero attached hydrogens (tertiary/aromatic N) is 6. The molecule has 0 saturated carbocycles. The van der Waals surface area contributed by atoms with E-state index >= 15 is 0 Å². The van der Waals surface area contributed by atoms with E-state index < -0.39 is 10.1 Å². The van der Waals surface area contributed by atoms with Crippen molar-refractivity contribution in [2.24, 2.45) is 7.05 Å². The molecule has 10 nitrogen and oxygen atoms in total. The third kappa shape index (κ3) is 4.44. The van der Waals surface area contributed by atoms with Crippen LogP contribution in [0, 0.1) is 0 Å². The lowest BCUT2D eigenvalue weighted by atomic mass is 9.85. The molecule has 3 heterocycles. The van der Waals surface area contributed by atoms with Gasteiger partial charge in [-0.3, -0.25) is 13.5 Å². The van der Waals surface area contributed by atoms with Gasteiger partial charge in [0.15, 0.2) is 5.82 Å². The Morgan fingerprint density at radius 3 is 2.74 bits per heavy atom. The number of hydrogen-bond acceptors (Lipinski definition) is 8. The van der Waals surface area contributed by atoms with Crippen molar-refractivity contribution < 1.29 is 12.6 Å². The van der Waals surface area contributed by atoms with Crippen molar-refractivity contribution in [3.05, 3.63) is 60.0 Å². The highest BCUT2D eigenvalue weighted by Crippen LogP contribution is 2.43. The first kappa shape index (κ1) is 22.2. The molecule has 0 fully saturated rings. The summed E-state index contributed by atoms with van der Waals surface area (Å²) < 4.78 is 30.6. The van der Waals surface area contributed by atoms with Gasteiger partial charge in [-0.05, 0) is 12.3 Å². The zero-order chi connectivity index (χ0) is 23.9. The van der Waals surface area contributed by atoms with Crippen molar-refractivity contribution in [1.82, 2.24) is 29.5 Å². The summed E-state index contributed by atoms with van der Waals surface area (Å²) in [6, 6.07) is 12.0. The van der Waals surface area contributed by atoms with E-state index in [9.17, 15) is 8.42 Å². The Balaban J connectivity index is 1.45. The molecule has 1 unspecified atom stereocenters. The Bertz CT molecular complexity index is 1440. The van der Waals surface area contributed by atoms with E-state index in [1.807, 2.05) is 36.1 Å². The predicted octanol–water partition coefficient (Wildman–Crippen LogP) is 3.12. The van der Waals surface area contributed by atoms with Crippen LogP contribution < -0.4 is 5.32 Å². The van der Waals surface area contributed by atoms with Crippen molar-refractivity contribution in [2.75, 3.05) is 18.2 Å². The molecule has 0 amide bonds. The number of nitrogens with one attached hydrogen (secondary N) is 1.